The molecule has 1 aliphatic rings. The molecule has 2 aromatic carbocycles. The van der Waals surface area contributed by atoms with Gasteiger partial charge < -0.3 is 25.2 Å². The van der Waals surface area contributed by atoms with Gasteiger partial charge in [-0.05, 0) is 55.0 Å². The molecule has 3 rings (SSSR count). The van der Waals surface area contributed by atoms with Gasteiger partial charge in [0.15, 0.2) is 17.6 Å². The molecule has 33 heavy (non-hydrogen) atoms. The molecule has 0 spiro atoms. The van der Waals surface area contributed by atoms with E-state index in [1.54, 1.807) is 6.07 Å². The SMILES string of the molecule is COc1cc(/C=C2\NC(=O)N(CC(=O)Nc3ccc(F)cc3)C2=O)ccc1O[C@H](C)C(=O)O. The number of carboxylic acid groups (broad SMARTS) is 1. The van der Waals surface area contributed by atoms with Gasteiger partial charge in [0.25, 0.3) is 5.91 Å². The molecular weight excluding hydrogens is 437 g/mol. The number of imide groups is 1. The summed E-state index contributed by atoms with van der Waals surface area (Å²) in [6, 6.07) is 8.77. The van der Waals surface area contributed by atoms with Crippen LogP contribution in [0.1, 0.15) is 12.5 Å². The Bertz CT molecular complexity index is 1130. The molecule has 0 unspecified atom stereocenters. The molecule has 11 heteroatoms. The minimum Gasteiger partial charge on any atom is -0.493 e. The fraction of sp³-hybridized carbons (Fsp3) is 0.182. The number of ether oxygens (including phenoxy) is 2. The summed E-state index contributed by atoms with van der Waals surface area (Å²) in [4.78, 5) is 48.7. The van der Waals surface area contributed by atoms with Gasteiger partial charge in [0.05, 0.1) is 7.11 Å². The lowest BCUT2D eigenvalue weighted by Gasteiger charge is -2.14. The highest BCUT2D eigenvalue weighted by Gasteiger charge is 2.35. The van der Waals surface area contributed by atoms with Crippen LogP contribution < -0.4 is 20.1 Å². The molecule has 1 aliphatic heterocycles. The van der Waals surface area contributed by atoms with Gasteiger partial charge in [-0.1, -0.05) is 6.07 Å². The second-order valence-corrected chi connectivity index (χ2v) is 6.94. The highest BCUT2D eigenvalue weighted by molar-refractivity contribution is 6.15. The van der Waals surface area contributed by atoms with Crippen molar-refractivity contribution in [3.8, 4) is 11.5 Å². The summed E-state index contributed by atoms with van der Waals surface area (Å²) in [5.41, 5.74) is 0.712. The van der Waals surface area contributed by atoms with Crippen molar-refractivity contribution in [2.24, 2.45) is 0 Å². The Morgan fingerprint density at radius 3 is 2.52 bits per heavy atom. The van der Waals surface area contributed by atoms with E-state index in [4.69, 9.17) is 14.6 Å². The molecule has 0 radical (unpaired) electrons. The number of carboxylic acids is 1. The Morgan fingerprint density at radius 2 is 1.88 bits per heavy atom. The number of carbonyl (C=O) groups excluding carboxylic acids is 3. The number of carbonyl (C=O) groups is 4. The van der Waals surface area contributed by atoms with Crippen molar-refractivity contribution in [2.75, 3.05) is 19.0 Å². The Kier molecular flexibility index (Phi) is 6.91. The van der Waals surface area contributed by atoms with Crippen molar-refractivity contribution < 1.29 is 38.1 Å². The molecule has 2 aromatic rings. The first-order valence-electron chi connectivity index (χ1n) is 9.65. The number of amides is 4. The van der Waals surface area contributed by atoms with E-state index in [1.165, 1.54) is 44.4 Å². The maximum Gasteiger partial charge on any atom is 0.344 e. The van der Waals surface area contributed by atoms with Crippen molar-refractivity contribution in [3.05, 3.63) is 59.5 Å². The molecule has 172 valence electrons. The highest BCUT2D eigenvalue weighted by atomic mass is 19.1. The van der Waals surface area contributed by atoms with Crippen LogP contribution >= 0.6 is 0 Å². The number of methoxy groups -OCH3 is 1. The first-order chi connectivity index (χ1) is 15.7. The van der Waals surface area contributed by atoms with Crippen LogP contribution in [0, 0.1) is 5.82 Å². The molecule has 3 N–H and O–H groups in total. The van der Waals surface area contributed by atoms with Crippen LogP contribution in [0.3, 0.4) is 0 Å². The number of aliphatic carboxylic acids is 1. The summed E-state index contributed by atoms with van der Waals surface area (Å²) < 4.78 is 23.5. The predicted octanol–water partition coefficient (Wildman–Crippen LogP) is 2.22. The number of anilines is 1. The summed E-state index contributed by atoms with van der Waals surface area (Å²) >= 11 is 0. The van der Waals surface area contributed by atoms with Gasteiger partial charge in [-0.2, -0.15) is 0 Å². The number of nitrogens with one attached hydrogen (secondary N) is 2. The zero-order chi connectivity index (χ0) is 24.1. The predicted molar refractivity (Wildman–Crippen MR) is 114 cm³/mol. The topological polar surface area (TPSA) is 134 Å². The lowest BCUT2D eigenvalue weighted by molar-refractivity contribution is -0.144. The van der Waals surface area contributed by atoms with Crippen molar-refractivity contribution in [3.63, 3.8) is 0 Å². The number of hydrogen-bond acceptors (Lipinski definition) is 6. The molecule has 0 bridgehead atoms. The van der Waals surface area contributed by atoms with Crippen molar-refractivity contribution in [2.45, 2.75) is 13.0 Å². The van der Waals surface area contributed by atoms with Gasteiger partial charge >= 0.3 is 12.0 Å². The van der Waals surface area contributed by atoms with Crippen LogP contribution in [0.2, 0.25) is 0 Å². The maximum atomic E-state index is 13.0. The van der Waals surface area contributed by atoms with Gasteiger partial charge in [-0.25, -0.2) is 18.9 Å². The number of rotatable bonds is 8. The van der Waals surface area contributed by atoms with Crippen LogP contribution in [-0.4, -0.2) is 53.6 Å². The van der Waals surface area contributed by atoms with Crippen LogP contribution in [0.4, 0.5) is 14.9 Å². The lowest BCUT2D eigenvalue weighted by atomic mass is 10.1. The maximum absolute atomic E-state index is 13.0. The standard InChI is InChI=1S/C22H20FN3O7/c1-12(21(29)30)33-17-8-3-13(10-18(17)32-2)9-16-20(28)26(22(31)25-16)11-19(27)24-15-6-4-14(23)5-7-15/h3-10,12H,11H2,1-2H3,(H,24,27)(H,25,31)(H,29,30)/b16-9-/t12-/m1/s1. The molecule has 4 amide bonds. The fourth-order valence-corrected chi connectivity index (χ4v) is 2.87. The molecule has 0 aliphatic carbocycles. The van der Waals surface area contributed by atoms with Crippen LogP contribution in [-0.2, 0) is 14.4 Å². The van der Waals surface area contributed by atoms with Crippen LogP contribution in [0.5, 0.6) is 11.5 Å². The van der Waals surface area contributed by atoms with Crippen molar-refractivity contribution in [1.29, 1.82) is 0 Å². The molecule has 1 saturated heterocycles. The highest BCUT2D eigenvalue weighted by Crippen LogP contribution is 2.30. The number of halogens is 1. The molecule has 1 heterocycles. The molecular formula is C22H20FN3O7. The summed E-state index contributed by atoms with van der Waals surface area (Å²) in [5, 5.41) is 13.9. The quantitative estimate of drug-likeness (QED) is 0.409. The van der Waals surface area contributed by atoms with E-state index in [1.807, 2.05) is 0 Å². The van der Waals surface area contributed by atoms with Gasteiger partial charge in [-0.15, -0.1) is 0 Å². The Morgan fingerprint density at radius 1 is 1.18 bits per heavy atom. The van der Waals surface area contributed by atoms with E-state index in [2.05, 4.69) is 10.6 Å². The van der Waals surface area contributed by atoms with E-state index in [0.29, 0.717) is 11.3 Å². The Balaban J connectivity index is 1.71. The average Bonchev–Trinajstić information content (AvgIpc) is 3.03. The molecule has 0 aromatic heterocycles. The summed E-state index contributed by atoms with van der Waals surface area (Å²) in [5.74, 6) is -2.55. The van der Waals surface area contributed by atoms with E-state index < -0.39 is 42.3 Å². The zero-order valence-corrected chi connectivity index (χ0v) is 17.6. The molecule has 10 nitrogen and oxygen atoms in total. The van der Waals surface area contributed by atoms with E-state index >= 15 is 0 Å². The van der Waals surface area contributed by atoms with Crippen LogP contribution in [0.25, 0.3) is 6.08 Å². The first-order valence-corrected chi connectivity index (χ1v) is 9.65. The van der Waals surface area contributed by atoms with Gasteiger partial charge in [0, 0.05) is 5.69 Å². The summed E-state index contributed by atoms with van der Waals surface area (Å²) in [6.07, 6.45) is 0.277. The van der Waals surface area contributed by atoms with Crippen LogP contribution in [0.15, 0.2) is 48.2 Å². The van der Waals surface area contributed by atoms with Crippen molar-refractivity contribution in [1.82, 2.24) is 10.2 Å². The van der Waals surface area contributed by atoms with E-state index in [-0.39, 0.29) is 17.2 Å². The Hall–Kier alpha value is -4.41. The first kappa shape index (κ1) is 23.3. The number of urea groups is 1. The second-order valence-electron chi connectivity index (χ2n) is 6.94. The summed E-state index contributed by atoms with van der Waals surface area (Å²) in [7, 11) is 1.37. The third kappa shape index (κ3) is 5.64. The molecule has 1 fully saturated rings. The zero-order valence-electron chi connectivity index (χ0n) is 17.6. The van der Waals surface area contributed by atoms with E-state index in [9.17, 15) is 23.6 Å². The second kappa shape index (κ2) is 9.81. The average molecular weight is 457 g/mol. The largest absolute Gasteiger partial charge is 0.493 e. The lowest BCUT2D eigenvalue weighted by Crippen LogP contribution is -2.38. The van der Waals surface area contributed by atoms with Gasteiger partial charge in [0.2, 0.25) is 5.91 Å². The number of benzene rings is 2. The third-order valence-corrected chi connectivity index (χ3v) is 4.54. The van der Waals surface area contributed by atoms with Gasteiger partial charge in [0.1, 0.15) is 18.1 Å². The van der Waals surface area contributed by atoms with Gasteiger partial charge in [-0.3, -0.25) is 9.59 Å². The monoisotopic (exact) mass is 457 g/mol. The van der Waals surface area contributed by atoms with E-state index in [0.717, 1.165) is 17.0 Å². The Labute approximate surface area is 187 Å². The third-order valence-electron chi connectivity index (χ3n) is 4.54. The molecule has 1 atom stereocenters. The minimum atomic E-state index is -1.15. The van der Waals surface area contributed by atoms with Crippen molar-refractivity contribution >= 4 is 35.6 Å². The summed E-state index contributed by atoms with van der Waals surface area (Å²) in [6.45, 7) is 0.827. The normalized spacial score (nSPS) is 15.2. The fourth-order valence-electron chi connectivity index (χ4n) is 2.87. The minimum absolute atomic E-state index is 0.0655. The number of nitrogens with zero attached hydrogens (tertiary/aromatic N) is 1. The smallest absolute Gasteiger partial charge is 0.344 e. The molecule has 0 saturated carbocycles. The number of hydrogen-bond donors (Lipinski definition) is 3.